The second-order valence-corrected chi connectivity index (χ2v) is 7.31. The molecule has 0 fully saturated rings. The summed E-state index contributed by atoms with van der Waals surface area (Å²) in [4.78, 5) is 17.1. The summed E-state index contributed by atoms with van der Waals surface area (Å²) in [5, 5.41) is 3.00. The van der Waals surface area contributed by atoms with Crippen molar-refractivity contribution < 1.29 is 4.79 Å². The van der Waals surface area contributed by atoms with Gasteiger partial charge in [-0.2, -0.15) is 0 Å². The molecule has 0 spiro atoms. The fraction of sp³-hybridized carbons (Fsp3) is 0.200. The highest BCUT2D eigenvalue weighted by Crippen LogP contribution is 2.19. The molecule has 1 N–H and O–H groups in total. The molecule has 0 aliphatic rings. The molecule has 4 aromatic rings. The Kier molecular flexibility index (Phi) is 5.71. The zero-order valence-electron chi connectivity index (χ0n) is 16.6. The number of hydrogen-bond donors (Lipinski definition) is 1. The van der Waals surface area contributed by atoms with Gasteiger partial charge in [0.05, 0.1) is 11.0 Å². The molecule has 1 amide bonds. The van der Waals surface area contributed by atoms with E-state index in [-0.39, 0.29) is 5.91 Å². The average molecular weight is 383 g/mol. The highest BCUT2D eigenvalue weighted by atomic mass is 16.1. The lowest BCUT2D eigenvalue weighted by Gasteiger charge is -2.10. The van der Waals surface area contributed by atoms with Crippen molar-refractivity contribution in [3.05, 3.63) is 101 Å². The van der Waals surface area contributed by atoms with Crippen LogP contribution in [0.3, 0.4) is 0 Å². The second-order valence-electron chi connectivity index (χ2n) is 7.31. The third-order valence-electron chi connectivity index (χ3n) is 5.09. The molecule has 0 saturated heterocycles. The van der Waals surface area contributed by atoms with Gasteiger partial charge < -0.3 is 9.88 Å². The first-order valence-corrected chi connectivity index (χ1v) is 10.0. The Balaban J connectivity index is 1.45. The average Bonchev–Trinajstić information content (AvgIpc) is 3.10. The normalized spacial score (nSPS) is 10.9. The van der Waals surface area contributed by atoms with E-state index in [1.54, 1.807) is 0 Å². The van der Waals surface area contributed by atoms with Crippen molar-refractivity contribution in [2.45, 2.75) is 26.3 Å². The van der Waals surface area contributed by atoms with E-state index in [0.717, 1.165) is 36.2 Å². The van der Waals surface area contributed by atoms with E-state index < -0.39 is 0 Å². The monoisotopic (exact) mass is 383 g/mol. The first-order valence-electron chi connectivity index (χ1n) is 10.0. The van der Waals surface area contributed by atoms with E-state index in [4.69, 9.17) is 4.98 Å². The first-order chi connectivity index (χ1) is 14.2. The molecule has 0 saturated carbocycles. The second kappa shape index (κ2) is 8.74. The van der Waals surface area contributed by atoms with Gasteiger partial charge in [0.15, 0.2) is 0 Å². The third kappa shape index (κ3) is 4.54. The maximum atomic E-state index is 12.2. The number of rotatable bonds is 7. The molecule has 4 heteroatoms. The molecule has 146 valence electrons. The number of aryl methyl sites for hydroxylation is 2. The van der Waals surface area contributed by atoms with Crippen molar-refractivity contribution in [3.8, 4) is 0 Å². The lowest BCUT2D eigenvalue weighted by molar-refractivity contribution is 0.0953. The summed E-state index contributed by atoms with van der Waals surface area (Å²) >= 11 is 0. The molecule has 0 atom stereocenters. The van der Waals surface area contributed by atoms with Crippen molar-refractivity contribution in [2.75, 3.05) is 6.54 Å². The number of nitrogens with one attached hydrogen (secondary N) is 1. The van der Waals surface area contributed by atoms with Crippen LogP contribution in [0.2, 0.25) is 0 Å². The topological polar surface area (TPSA) is 46.9 Å². The number of carbonyl (C=O) groups is 1. The van der Waals surface area contributed by atoms with Crippen LogP contribution in [-0.2, 0) is 13.0 Å². The summed E-state index contributed by atoms with van der Waals surface area (Å²) in [7, 11) is 0. The SMILES string of the molecule is Cc1ccc(Cn2c(CCCNC(=O)c3ccccc3)nc3ccccc32)cc1. The standard InChI is InChI=1S/C25H25N3O/c1-19-13-15-20(16-14-19)18-28-23-11-6-5-10-22(23)27-24(28)12-7-17-26-25(29)21-8-3-2-4-9-21/h2-6,8-11,13-16H,7,12,17-18H2,1H3,(H,26,29). The molecular weight excluding hydrogens is 358 g/mol. The van der Waals surface area contributed by atoms with Crippen LogP contribution in [-0.4, -0.2) is 22.0 Å². The van der Waals surface area contributed by atoms with Gasteiger partial charge in [-0.1, -0.05) is 60.2 Å². The number of aromatic nitrogens is 2. The summed E-state index contributed by atoms with van der Waals surface area (Å²) in [6.07, 6.45) is 1.66. The van der Waals surface area contributed by atoms with Crippen molar-refractivity contribution >= 4 is 16.9 Å². The maximum absolute atomic E-state index is 12.2. The Morgan fingerprint density at radius 3 is 2.45 bits per heavy atom. The zero-order chi connectivity index (χ0) is 20.1. The molecule has 0 bridgehead atoms. The summed E-state index contributed by atoms with van der Waals surface area (Å²) in [6.45, 7) is 3.53. The molecular formula is C25H25N3O. The van der Waals surface area contributed by atoms with E-state index >= 15 is 0 Å². The van der Waals surface area contributed by atoms with Gasteiger partial charge in [0.25, 0.3) is 5.91 Å². The van der Waals surface area contributed by atoms with Crippen molar-refractivity contribution in [2.24, 2.45) is 0 Å². The summed E-state index contributed by atoms with van der Waals surface area (Å²) in [5.41, 5.74) is 5.38. The number of para-hydroxylation sites is 2. The molecule has 4 nitrogen and oxygen atoms in total. The first kappa shape index (κ1) is 18.9. The predicted octanol–water partition coefficient (Wildman–Crippen LogP) is 4.76. The Hall–Kier alpha value is -3.40. The lowest BCUT2D eigenvalue weighted by atomic mass is 10.1. The van der Waals surface area contributed by atoms with Crippen molar-refractivity contribution in [1.29, 1.82) is 0 Å². The molecule has 0 aliphatic heterocycles. The third-order valence-corrected chi connectivity index (χ3v) is 5.09. The van der Waals surface area contributed by atoms with Crippen LogP contribution < -0.4 is 5.32 Å². The molecule has 1 aromatic heterocycles. The maximum Gasteiger partial charge on any atom is 0.251 e. The number of fused-ring (bicyclic) bond motifs is 1. The van der Waals surface area contributed by atoms with Crippen LogP contribution in [0.15, 0.2) is 78.9 Å². The minimum atomic E-state index is -0.0289. The number of imidazole rings is 1. The van der Waals surface area contributed by atoms with Gasteiger partial charge in [0.2, 0.25) is 0 Å². The van der Waals surface area contributed by atoms with Crippen LogP contribution in [0.25, 0.3) is 11.0 Å². The predicted molar refractivity (Wildman–Crippen MR) is 117 cm³/mol. The van der Waals surface area contributed by atoms with Crippen LogP contribution in [0, 0.1) is 6.92 Å². The van der Waals surface area contributed by atoms with E-state index in [1.807, 2.05) is 36.4 Å². The van der Waals surface area contributed by atoms with Gasteiger partial charge in [-0.15, -0.1) is 0 Å². The Morgan fingerprint density at radius 2 is 1.66 bits per heavy atom. The molecule has 4 rings (SSSR count). The number of amides is 1. The van der Waals surface area contributed by atoms with Gasteiger partial charge in [-0.3, -0.25) is 4.79 Å². The quantitative estimate of drug-likeness (QED) is 0.468. The van der Waals surface area contributed by atoms with Gasteiger partial charge in [-0.25, -0.2) is 4.98 Å². The van der Waals surface area contributed by atoms with E-state index in [1.165, 1.54) is 11.1 Å². The largest absolute Gasteiger partial charge is 0.352 e. The van der Waals surface area contributed by atoms with Crippen molar-refractivity contribution in [1.82, 2.24) is 14.9 Å². The zero-order valence-corrected chi connectivity index (χ0v) is 16.6. The highest BCUT2D eigenvalue weighted by Gasteiger charge is 2.11. The Labute approximate surface area is 171 Å². The molecule has 0 unspecified atom stereocenters. The number of carbonyl (C=O) groups excluding carboxylic acids is 1. The Morgan fingerprint density at radius 1 is 0.931 bits per heavy atom. The van der Waals surface area contributed by atoms with E-state index in [2.05, 4.69) is 59.3 Å². The molecule has 3 aromatic carbocycles. The number of nitrogens with zero attached hydrogens (tertiary/aromatic N) is 2. The van der Waals surface area contributed by atoms with Gasteiger partial charge in [0, 0.05) is 25.1 Å². The van der Waals surface area contributed by atoms with Crippen LogP contribution in [0.1, 0.15) is 33.7 Å². The van der Waals surface area contributed by atoms with Crippen molar-refractivity contribution in [3.63, 3.8) is 0 Å². The molecule has 0 radical (unpaired) electrons. The minimum Gasteiger partial charge on any atom is -0.352 e. The summed E-state index contributed by atoms with van der Waals surface area (Å²) in [6, 6.07) is 26.2. The highest BCUT2D eigenvalue weighted by molar-refractivity contribution is 5.94. The van der Waals surface area contributed by atoms with Gasteiger partial charge in [0.1, 0.15) is 5.82 Å². The van der Waals surface area contributed by atoms with E-state index in [0.29, 0.717) is 12.1 Å². The molecule has 0 aliphatic carbocycles. The number of benzene rings is 3. The summed E-state index contributed by atoms with van der Waals surface area (Å²) in [5.74, 6) is 1.03. The Bertz CT molecular complexity index is 1100. The van der Waals surface area contributed by atoms with Crippen LogP contribution in [0.5, 0.6) is 0 Å². The smallest absolute Gasteiger partial charge is 0.251 e. The van der Waals surface area contributed by atoms with Gasteiger partial charge >= 0.3 is 0 Å². The fourth-order valence-electron chi connectivity index (χ4n) is 3.51. The fourth-order valence-corrected chi connectivity index (χ4v) is 3.51. The lowest BCUT2D eigenvalue weighted by Crippen LogP contribution is -2.24. The van der Waals surface area contributed by atoms with Crippen LogP contribution >= 0.6 is 0 Å². The molecule has 1 heterocycles. The van der Waals surface area contributed by atoms with E-state index in [9.17, 15) is 4.79 Å². The van der Waals surface area contributed by atoms with Crippen LogP contribution in [0.4, 0.5) is 0 Å². The minimum absolute atomic E-state index is 0.0289. The number of hydrogen-bond acceptors (Lipinski definition) is 2. The summed E-state index contributed by atoms with van der Waals surface area (Å²) < 4.78 is 2.29. The molecule has 29 heavy (non-hydrogen) atoms. The van der Waals surface area contributed by atoms with Gasteiger partial charge in [-0.05, 0) is 43.2 Å².